The van der Waals surface area contributed by atoms with E-state index < -0.39 is 18.6 Å². The number of nitrogens with zero attached hydrogens (tertiary/aromatic N) is 2. The molecule has 6 heteroatoms. The maximum absolute atomic E-state index is 13.3. The number of aliphatic carboxylic acids is 1. The fraction of sp³-hybridized carbons (Fsp3) is 0.286. The molecule has 0 saturated heterocycles. The van der Waals surface area contributed by atoms with Crippen molar-refractivity contribution in [2.75, 3.05) is 11.4 Å². The summed E-state index contributed by atoms with van der Waals surface area (Å²) in [6.45, 7) is 3.48. The monoisotopic (exact) mass is 384 g/mol. The SMILES string of the molecule is CCC(C)[C@@H]1N=C(c2ccccc2)c2cccc(Cl)c2N(CC(=O)O)C1=O. The first-order valence-corrected chi connectivity index (χ1v) is 9.27. The summed E-state index contributed by atoms with van der Waals surface area (Å²) in [4.78, 5) is 30.8. The molecule has 1 unspecified atom stereocenters. The number of para-hydroxylation sites is 1. The number of carboxylic acid groups (broad SMARTS) is 1. The molecule has 5 nitrogen and oxygen atoms in total. The van der Waals surface area contributed by atoms with Crippen LogP contribution in [0.4, 0.5) is 5.69 Å². The number of hydrogen-bond acceptors (Lipinski definition) is 3. The molecule has 0 aromatic heterocycles. The van der Waals surface area contributed by atoms with Crippen LogP contribution in [0.1, 0.15) is 31.4 Å². The van der Waals surface area contributed by atoms with E-state index in [-0.39, 0.29) is 11.8 Å². The number of anilines is 1. The van der Waals surface area contributed by atoms with E-state index in [0.717, 1.165) is 12.0 Å². The maximum atomic E-state index is 13.3. The van der Waals surface area contributed by atoms with E-state index in [1.165, 1.54) is 4.90 Å². The molecule has 2 aromatic carbocycles. The molecular weight excluding hydrogens is 364 g/mol. The average Bonchev–Trinajstić information content (AvgIpc) is 2.78. The second kappa shape index (κ2) is 7.92. The molecule has 2 aromatic rings. The molecule has 0 aliphatic carbocycles. The molecule has 0 fully saturated rings. The Bertz CT molecular complexity index is 896. The molecule has 0 spiro atoms. The number of halogens is 1. The lowest BCUT2D eigenvalue weighted by molar-refractivity contribution is -0.136. The van der Waals surface area contributed by atoms with Gasteiger partial charge in [-0.2, -0.15) is 0 Å². The van der Waals surface area contributed by atoms with Crippen molar-refractivity contribution in [1.82, 2.24) is 0 Å². The summed E-state index contributed by atoms with van der Waals surface area (Å²) >= 11 is 6.43. The lowest BCUT2D eigenvalue weighted by Gasteiger charge is -2.26. The summed E-state index contributed by atoms with van der Waals surface area (Å²) in [5.41, 5.74) is 2.58. The second-order valence-electron chi connectivity index (χ2n) is 6.63. The van der Waals surface area contributed by atoms with Crippen LogP contribution in [-0.2, 0) is 9.59 Å². The van der Waals surface area contributed by atoms with Gasteiger partial charge in [0.1, 0.15) is 12.6 Å². The van der Waals surface area contributed by atoms with Crippen molar-refractivity contribution in [3.8, 4) is 0 Å². The highest BCUT2D eigenvalue weighted by Gasteiger charge is 2.36. The number of hydrogen-bond donors (Lipinski definition) is 1. The summed E-state index contributed by atoms with van der Waals surface area (Å²) in [6, 6.07) is 14.2. The van der Waals surface area contributed by atoms with E-state index in [0.29, 0.717) is 22.0 Å². The number of carbonyl (C=O) groups is 2. The highest BCUT2D eigenvalue weighted by atomic mass is 35.5. The molecule has 1 heterocycles. The van der Waals surface area contributed by atoms with Crippen molar-refractivity contribution < 1.29 is 14.7 Å². The third-order valence-electron chi connectivity index (χ3n) is 4.82. The fourth-order valence-electron chi connectivity index (χ4n) is 3.23. The van der Waals surface area contributed by atoms with Crippen molar-refractivity contribution in [1.29, 1.82) is 0 Å². The molecule has 2 atom stereocenters. The van der Waals surface area contributed by atoms with Crippen LogP contribution in [0.3, 0.4) is 0 Å². The van der Waals surface area contributed by atoms with E-state index in [1.54, 1.807) is 12.1 Å². The quantitative estimate of drug-likeness (QED) is 0.846. The zero-order valence-electron chi connectivity index (χ0n) is 15.2. The van der Waals surface area contributed by atoms with Gasteiger partial charge in [0.05, 0.1) is 16.4 Å². The van der Waals surface area contributed by atoms with Crippen molar-refractivity contribution in [2.24, 2.45) is 10.9 Å². The Hall–Kier alpha value is -2.66. The van der Waals surface area contributed by atoms with Gasteiger partial charge in [0.15, 0.2) is 0 Å². The Labute approximate surface area is 163 Å². The molecule has 3 rings (SSSR count). The Morgan fingerprint density at radius 1 is 1.22 bits per heavy atom. The lowest BCUT2D eigenvalue weighted by Crippen LogP contribution is -2.43. The van der Waals surface area contributed by atoms with Crippen LogP contribution in [-0.4, -0.2) is 35.3 Å². The van der Waals surface area contributed by atoms with Crippen LogP contribution >= 0.6 is 11.6 Å². The van der Waals surface area contributed by atoms with Crippen molar-refractivity contribution >= 4 is 34.9 Å². The van der Waals surface area contributed by atoms with Crippen LogP contribution in [0.2, 0.25) is 5.02 Å². The van der Waals surface area contributed by atoms with Gasteiger partial charge < -0.3 is 5.11 Å². The fourth-order valence-corrected chi connectivity index (χ4v) is 3.50. The highest BCUT2D eigenvalue weighted by Crippen LogP contribution is 2.36. The van der Waals surface area contributed by atoms with E-state index in [2.05, 4.69) is 0 Å². The topological polar surface area (TPSA) is 70.0 Å². The van der Waals surface area contributed by atoms with Crippen molar-refractivity contribution in [3.05, 3.63) is 64.7 Å². The van der Waals surface area contributed by atoms with Gasteiger partial charge in [0.2, 0.25) is 0 Å². The van der Waals surface area contributed by atoms with Gasteiger partial charge in [-0.3, -0.25) is 19.5 Å². The van der Waals surface area contributed by atoms with Crippen LogP contribution in [0, 0.1) is 5.92 Å². The molecule has 1 amide bonds. The lowest BCUT2D eigenvalue weighted by atomic mass is 9.98. The Kier molecular flexibility index (Phi) is 5.61. The minimum Gasteiger partial charge on any atom is -0.480 e. The van der Waals surface area contributed by atoms with E-state index in [4.69, 9.17) is 16.6 Å². The number of rotatable bonds is 5. The van der Waals surface area contributed by atoms with Gasteiger partial charge in [-0.1, -0.05) is 74.3 Å². The summed E-state index contributed by atoms with van der Waals surface area (Å²) < 4.78 is 0. The third-order valence-corrected chi connectivity index (χ3v) is 5.13. The van der Waals surface area contributed by atoms with Gasteiger partial charge in [-0.05, 0) is 12.0 Å². The zero-order chi connectivity index (χ0) is 19.6. The Morgan fingerprint density at radius 3 is 2.56 bits per heavy atom. The third kappa shape index (κ3) is 3.74. The van der Waals surface area contributed by atoms with E-state index in [9.17, 15) is 14.7 Å². The molecule has 1 N–H and O–H groups in total. The van der Waals surface area contributed by atoms with Crippen LogP contribution < -0.4 is 4.90 Å². The van der Waals surface area contributed by atoms with E-state index >= 15 is 0 Å². The smallest absolute Gasteiger partial charge is 0.323 e. The number of fused-ring (bicyclic) bond motifs is 1. The van der Waals surface area contributed by atoms with Crippen molar-refractivity contribution in [2.45, 2.75) is 26.3 Å². The van der Waals surface area contributed by atoms with Crippen LogP contribution in [0.25, 0.3) is 0 Å². The Morgan fingerprint density at radius 2 is 1.93 bits per heavy atom. The van der Waals surface area contributed by atoms with Gasteiger partial charge in [0.25, 0.3) is 5.91 Å². The second-order valence-corrected chi connectivity index (χ2v) is 7.04. The minimum absolute atomic E-state index is 0.0411. The number of benzene rings is 2. The molecule has 0 saturated carbocycles. The van der Waals surface area contributed by atoms with Gasteiger partial charge in [-0.15, -0.1) is 0 Å². The number of carbonyl (C=O) groups excluding carboxylic acids is 1. The molecule has 1 aliphatic rings. The number of aliphatic imine (C=N–C) groups is 1. The predicted octanol–water partition coefficient (Wildman–Crippen LogP) is 4.02. The largest absolute Gasteiger partial charge is 0.480 e. The van der Waals surface area contributed by atoms with Gasteiger partial charge >= 0.3 is 5.97 Å². The molecule has 140 valence electrons. The molecule has 1 aliphatic heterocycles. The maximum Gasteiger partial charge on any atom is 0.323 e. The summed E-state index contributed by atoms with van der Waals surface area (Å²) in [5.74, 6) is -1.48. The number of benzodiazepines with no additional fused rings is 1. The number of amides is 1. The first-order valence-electron chi connectivity index (χ1n) is 8.89. The van der Waals surface area contributed by atoms with Crippen LogP contribution in [0.5, 0.6) is 0 Å². The predicted molar refractivity (Wildman–Crippen MR) is 107 cm³/mol. The average molecular weight is 385 g/mol. The van der Waals surface area contributed by atoms with Gasteiger partial charge in [0, 0.05) is 11.1 Å². The van der Waals surface area contributed by atoms with Crippen molar-refractivity contribution in [3.63, 3.8) is 0 Å². The van der Waals surface area contributed by atoms with E-state index in [1.807, 2.05) is 50.2 Å². The number of carboxylic acids is 1. The molecule has 27 heavy (non-hydrogen) atoms. The summed E-state index contributed by atoms with van der Waals surface area (Å²) in [5, 5.41) is 9.71. The summed E-state index contributed by atoms with van der Waals surface area (Å²) in [7, 11) is 0. The zero-order valence-corrected chi connectivity index (χ0v) is 16.0. The molecular formula is C21H21ClN2O3. The first-order chi connectivity index (χ1) is 12.9. The Balaban J connectivity index is 2.29. The standard InChI is InChI=1S/C21H21ClN2O3/c1-3-13(2)18-21(27)24(12-17(25)26)20-15(10-7-11-16(20)22)19(23-18)14-8-5-4-6-9-14/h4-11,13,18H,3,12H2,1-2H3,(H,25,26)/t13?,18-/m0/s1. The van der Waals surface area contributed by atoms with Crippen LogP contribution in [0.15, 0.2) is 53.5 Å². The highest BCUT2D eigenvalue weighted by molar-refractivity contribution is 6.36. The molecule has 0 bridgehead atoms. The minimum atomic E-state index is -1.10. The molecule has 0 radical (unpaired) electrons. The first kappa shape index (κ1) is 19.1. The van der Waals surface area contributed by atoms with Gasteiger partial charge in [-0.25, -0.2) is 0 Å². The normalized spacial score (nSPS) is 17.7. The summed E-state index contributed by atoms with van der Waals surface area (Å²) in [6.07, 6.45) is 0.743.